The topological polar surface area (TPSA) is 40.5 Å². The molecular formula is C17H33NO2. The van der Waals surface area contributed by atoms with Crippen LogP contribution in [-0.2, 0) is 4.79 Å². The second kappa shape index (κ2) is 11.1. The summed E-state index contributed by atoms with van der Waals surface area (Å²) in [5.41, 5.74) is 0. The van der Waals surface area contributed by atoms with Crippen LogP contribution in [0, 0.1) is 5.92 Å². The lowest BCUT2D eigenvalue weighted by atomic mass is 9.94. The third-order valence-corrected chi connectivity index (χ3v) is 4.39. The summed E-state index contributed by atoms with van der Waals surface area (Å²) in [6.07, 6.45) is 13.5. The molecule has 1 rings (SSSR count). The molecule has 0 saturated carbocycles. The van der Waals surface area contributed by atoms with E-state index in [2.05, 4.69) is 11.8 Å². The average molecular weight is 283 g/mol. The molecule has 3 heteroatoms. The zero-order chi connectivity index (χ0) is 14.6. The van der Waals surface area contributed by atoms with E-state index in [1.54, 1.807) is 0 Å². The molecular weight excluding hydrogens is 250 g/mol. The standard InChI is InChI=1S/C17H33NO2/c1-2-3-4-5-6-7-8-9-12-18-13-10-11-16(15-18)14-17(19)20/h16H,2-15H2,1H3,(H,19,20). The SMILES string of the molecule is CCCCCCCCCCN1CCCC(CC(=O)O)C1. The molecule has 1 unspecified atom stereocenters. The van der Waals surface area contributed by atoms with E-state index in [0.29, 0.717) is 12.3 Å². The molecule has 1 atom stereocenters. The molecule has 0 spiro atoms. The van der Waals surface area contributed by atoms with Gasteiger partial charge < -0.3 is 10.0 Å². The van der Waals surface area contributed by atoms with E-state index in [4.69, 9.17) is 5.11 Å². The molecule has 1 aliphatic heterocycles. The molecule has 20 heavy (non-hydrogen) atoms. The van der Waals surface area contributed by atoms with E-state index < -0.39 is 5.97 Å². The van der Waals surface area contributed by atoms with Crippen LogP contribution in [-0.4, -0.2) is 35.6 Å². The van der Waals surface area contributed by atoms with Crippen LogP contribution in [0.2, 0.25) is 0 Å². The fraction of sp³-hybridized carbons (Fsp3) is 0.941. The minimum atomic E-state index is -0.635. The van der Waals surface area contributed by atoms with Gasteiger partial charge in [-0.05, 0) is 38.3 Å². The van der Waals surface area contributed by atoms with E-state index in [0.717, 1.165) is 13.0 Å². The van der Waals surface area contributed by atoms with Crippen molar-refractivity contribution in [1.29, 1.82) is 0 Å². The molecule has 1 heterocycles. The van der Waals surface area contributed by atoms with Crippen LogP contribution in [0.4, 0.5) is 0 Å². The van der Waals surface area contributed by atoms with Gasteiger partial charge in [0.15, 0.2) is 0 Å². The number of hydrogen-bond acceptors (Lipinski definition) is 2. The molecule has 1 saturated heterocycles. The zero-order valence-corrected chi connectivity index (χ0v) is 13.3. The Balaban J connectivity index is 1.97. The minimum Gasteiger partial charge on any atom is -0.481 e. The molecule has 0 aromatic rings. The van der Waals surface area contributed by atoms with Gasteiger partial charge in [0, 0.05) is 13.0 Å². The van der Waals surface area contributed by atoms with E-state index in [1.807, 2.05) is 0 Å². The molecule has 0 amide bonds. The molecule has 0 aliphatic carbocycles. The van der Waals surface area contributed by atoms with E-state index in [-0.39, 0.29) is 0 Å². The summed E-state index contributed by atoms with van der Waals surface area (Å²) < 4.78 is 0. The van der Waals surface area contributed by atoms with Crippen LogP contribution in [0.15, 0.2) is 0 Å². The van der Waals surface area contributed by atoms with Gasteiger partial charge in [0.2, 0.25) is 0 Å². The van der Waals surface area contributed by atoms with Crippen LogP contribution in [0.25, 0.3) is 0 Å². The quantitative estimate of drug-likeness (QED) is 0.574. The van der Waals surface area contributed by atoms with Gasteiger partial charge >= 0.3 is 5.97 Å². The van der Waals surface area contributed by atoms with Crippen LogP contribution in [0.5, 0.6) is 0 Å². The maximum atomic E-state index is 10.8. The summed E-state index contributed by atoms with van der Waals surface area (Å²) in [6, 6.07) is 0. The summed E-state index contributed by atoms with van der Waals surface area (Å²) in [4.78, 5) is 13.2. The van der Waals surface area contributed by atoms with Gasteiger partial charge in [-0.1, -0.05) is 51.9 Å². The van der Waals surface area contributed by atoms with Gasteiger partial charge in [-0.15, -0.1) is 0 Å². The second-order valence-electron chi connectivity index (χ2n) is 6.38. The highest BCUT2D eigenvalue weighted by Crippen LogP contribution is 2.20. The first kappa shape index (κ1) is 17.5. The lowest BCUT2D eigenvalue weighted by molar-refractivity contribution is -0.138. The Labute approximate surface area is 124 Å². The van der Waals surface area contributed by atoms with Crippen molar-refractivity contribution in [3.8, 4) is 0 Å². The Kier molecular flexibility index (Phi) is 9.73. The minimum absolute atomic E-state index is 0.355. The van der Waals surface area contributed by atoms with Crippen molar-refractivity contribution in [2.24, 2.45) is 5.92 Å². The summed E-state index contributed by atoms with van der Waals surface area (Å²) in [5, 5.41) is 8.87. The average Bonchev–Trinajstić information content (AvgIpc) is 2.41. The Morgan fingerprint density at radius 1 is 1.10 bits per heavy atom. The first-order valence-corrected chi connectivity index (χ1v) is 8.66. The van der Waals surface area contributed by atoms with E-state index in [1.165, 1.54) is 70.9 Å². The van der Waals surface area contributed by atoms with Crippen LogP contribution in [0.3, 0.4) is 0 Å². The van der Waals surface area contributed by atoms with Crippen molar-refractivity contribution in [2.75, 3.05) is 19.6 Å². The Hall–Kier alpha value is -0.570. The Morgan fingerprint density at radius 3 is 2.40 bits per heavy atom. The fourth-order valence-electron chi connectivity index (χ4n) is 3.24. The van der Waals surface area contributed by atoms with Gasteiger partial charge in [-0.2, -0.15) is 0 Å². The van der Waals surface area contributed by atoms with Crippen LogP contribution in [0.1, 0.15) is 77.6 Å². The van der Waals surface area contributed by atoms with Crippen molar-refractivity contribution >= 4 is 5.97 Å². The largest absolute Gasteiger partial charge is 0.481 e. The zero-order valence-electron chi connectivity index (χ0n) is 13.3. The highest BCUT2D eigenvalue weighted by Gasteiger charge is 2.21. The number of aliphatic carboxylic acids is 1. The fourth-order valence-corrected chi connectivity index (χ4v) is 3.24. The van der Waals surface area contributed by atoms with Crippen LogP contribution >= 0.6 is 0 Å². The third kappa shape index (κ3) is 8.57. The van der Waals surface area contributed by atoms with Gasteiger partial charge in [0.05, 0.1) is 0 Å². The normalized spacial score (nSPS) is 20.1. The monoisotopic (exact) mass is 283 g/mol. The summed E-state index contributed by atoms with van der Waals surface area (Å²) in [5.74, 6) is -0.251. The number of unbranched alkanes of at least 4 members (excludes halogenated alkanes) is 7. The molecule has 1 fully saturated rings. The molecule has 0 radical (unpaired) electrons. The molecule has 0 bridgehead atoms. The number of carboxylic acids is 1. The number of nitrogens with zero attached hydrogens (tertiary/aromatic N) is 1. The predicted octanol–water partition coefficient (Wildman–Crippen LogP) is 4.31. The smallest absolute Gasteiger partial charge is 0.303 e. The highest BCUT2D eigenvalue weighted by atomic mass is 16.4. The van der Waals surface area contributed by atoms with Crippen molar-refractivity contribution in [1.82, 2.24) is 4.90 Å². The van der Waals surface area contributed by atoms with Gasteiger partial charge in [0.25, 0.3) is 0 Å². The number of likely N-dealkylation sites (tertiary alicyclic amines) is 1. The molecule has 0 aromatic carbocycles. The van der Waals surface area contributed by atoms with Crippen molar-refractivity contribution < 1.29 is 9.90 Å². The second-order valence-corrected chi connectivity index (χ2v) is 6.38. The van der Waals surface area contributed by atoms with E-state index in [9.17, 15) is 4.79 Å². The van der Waals surface area contributed by atoms with Crippen molar-refractivity contribution in [3.05, 3.63) is 0 Å². The third-order valence-electron chi connectivity index (χ3n) is 4.39. The summed E-state index contributed by atoms with van der Waals surface area (Å²) in [6.45, 7) is 5.61. The predicted molar refractivity (Wildman–Crippen MR) is 84.0 cm³/mol. The van der Waals surface area contributed by atoms with E-state index >= 15 is 0 Å². The van der Waals surface area contributed by atoms with Gasteiger partial charge in [0.1, 0.15) is 0 Å². The number of rotatable bonds is 11. The maximum Gasteiger partial charge on any atom is 0.303 e. The number of piperidine rings is 1. The first-order chi connectivity index (χ1) is 9.72. The molecule has 118 valence electrons. The van der Waals surface area contributed by atoms with Gasteiger partial charge in [-0.3, -0.25) is 4.79 Å². The lowest BCUT2D eigenvalue weighted by Gasteiger charge is -2.32. The molecule has 1 aliphatic rings. The first-order valence-electron chi connectivity index (χ1n) is 8.66. The van der Waals surface area contributed by atoms with Gasteiger partial charge in [-0.25, -0.2) is 0 Å². The molecule has 0 aromatic heterocycles. The molecule has 3 nitrogen and oxygen atoms in total. The summed E-state index contributed by atoms with van der Waals surface area (Å²) in [7, 11) is 0. The van der Waals surface area contributed by atoms with Crippen molar-refractivity contribution in [2.45, 2.75) is 77.6 Å². The summed E-state index contributed by atoms with van der Waals surface area (Å²) >= 11 is 0. The van der Waals surface area contributed by atoms with Crippen molar-refractivity contribution in [3.63, 3.8) is 0 Å². The highest BCUT2D eigenvalue weighted by molar-refractivity contribution is 5.67. The number of hydrogen-bond donors (Lipinski definition) is 1. The molecule has 1 N–H and O–H groups in total. The van der Waals surface area contributed by atoms with Crippen LogP contribution < -0.4 is 0 Å². The Morgan fingerprint density at radius 2 is 1.75 bits per heavy atom. The maximum absolute atomic E-state index is 10.8. The number of carboxylic acid groups (broad SMARTS) is 1. The number of carbonyl (C=O) groups is 1. The lowest BCUT2D eigenvalue weighted by Crippen LogP contribution is -2.36. The Bertz CT molecular complexity index is 255.